The Morgan fingerprint density at radius 2 is 1.56 bits per heavy atom. The summed E-state index contributed by atoms with van der Waals surface area (Å²) in [6, 6.07) is 24.5. The van der Waals surface area contributed by atoms with Gasteiger partial charge in [-0.15, -0.1) is 0 Å². The number of benzene rings is 3. The molecule has 0 unspecified atom stereocenters. The smallest absolute Gasteiger partial charge is 0.256 e. The van der Waals surface area contributed by atoms with Crippen LogP contribution in [0.4, 0.5) is 0 Å². The van der Waals surface area contributed by atoms with Gasteiger partial charge in [0.25, 0.3) is 5.91 Å². The average Bonchev–Trinajstić information content (AvgIpc) is 3.35. The summed E-state index contributed by atoms with van der Waals surface area (Å²) in [6.07, 6.45) is 3.85. The van der Waals surface area contributed by atoms with E-state index in [1.807, 2.05) is 83.7 Å². The zero-order valence-corrected chi connectivity index (χ0v) is 19.1. The Morgan fingerprint density at radius 1 is 0.875 bits per heavy atom. The van der Waals surface area contributed by atoms with Gasteiger partial charge >= 0.3 is 0 Å². The molecule has 162 valence electrons. The van der Waals surface area contributed by atoms with Gasteiger partial charge in [0.15, 0.2) is 0 Å². The molecular weight excluding hydrogens is 443 g/mol. The molecule has 0 aliphatic rings. The molecule has 0 saturated heterocycles. The van der Waals surface area contributed by atoms with Gasteiger partial charge in [-0.2, -0.15) is 0 Å². The van der Waals surface area contributed by atoms with E-state index in [2.05, 4.69) is 0 Å². The zero-order valence-electron chi connectivity index (χ0n) is 17.5. The normalized spacial score (nSPS) is 10.7. The molecule has 0 N–H and O–H groups in total. The van der Waals surface area contributed by atoms with E-state index in [0.29, 0.717) is 28.7 Å². The van der Waals surface area contributed by atoms with Gasteiger partial charge in [0.2, 0.25) is 0 Å². The molecule has 0 saturated carbocycles. The molecule has 6 heteroatoms. The Labute approximate surface area is 197 Å². The molecule has 0 aliphatic heterocycles. The van der Waals surface area contributed by atoms with E-state index in [-0.39, 0.29) is 5.91 Å². The minimum absolute atomic E-state index is 0.105. The van der Waals surface area contributed by atoms with Crippen LogP contribution in [0.15, 0.2) is 91.3 Å². The second-order valence-corrected chi connectivity index (χ2v) is 8.16. The van der Waals surface area contributed by atoms with E-state index >= 15 is 0 Å². The number of nitrogens with zero attached hydrogens (tertiary/aromatic N) is 2. The standard InChI is InChI=1S/C26H22Cl2N2O2/c1-32-25-11-5-2-8-20(25)18-30(17-19-12-13-21(27)16-23(19)28)26(31)22-9-3-4-10-24(22)29-14-6-7-15-29/h2-16H,17-18H2,1H3. The molecule has 4 aromatic rings. The van der Waals surface area contributed by atoms with Crippen molar-refractivity contribution in [3.05, 3.63) is 118 Å². The lowest BCUT2D eigenvalue weighted by atomic mass is 10.1. The highest BCUT2D eigenvalue weighted by molar-refractivity contribution is 6.35. The first-order chi connectivity index (χ1) is 15.6. The zero-order chi connectivity index (χ0) is 22.5. The highest BCUT2D eigenvalue weighted by atomic mass is 35.5. The number of ether oxygens (including phenoxy) is 1. The van der Waals surface area contributed by atoms with Crippen LogP contribution >= 0.6 is 23.2 Å². The topological polar surface area (TPSA) is 34.5 Å². The van der Waals surface area contributed by atoms with Gasteiger partial charge in [0, 0.05) is 41.1 Å². The number of rotatable bonds is 7. The largest absolute Gasteiger partial charge is 0.496 e. The summed E-state index contributed by atoms with van der Waals surface area (Å²) in [6.45, 7) is 0.689. The minimum atomic E-state index is -0.105. The number of amides is 1. The van der Waals surface area contributed by atoms with Gasteiger partial charge < -0.3 is 14.2 Å². The molecule has 0 radical (unpaired) electrons. The molecule has 0 spiro atoms. The number of carbonyl (C=O) groups excluding carboxylic acids is 1. The van der Waals surface area contributed by atoms with Crippen molar-refractivity contribution in [2.75, 3.05) is 7.11 Å². The fraction of sp³-hybridized carbons (Fsp3) is 0.115. The fourth-order valence-electron chi connectivity index (χ4n) is 3.64. The molecule has 1 heterocycles. The highest BCUT2D eigenvalue weighted by Gasteiger charge is 2.22. The molecule has 1 amide bonds. The molecule has 1 aromatic heterocycles. The third-order valence-electron chi connectivity index (χ3n) is 5.23. The Hall–Kier alpha value is -3.21. The van der Waals surface area contributed by atoms with Gasteiger partial charge in [0.05, 0.1) is 18.4 Å². The quantitative estimate of drug-likeness (QED) is 0.307. The number of aromatic nitrogens is 1. The van der Waals surface area contributed by atoms with Gasteiger partial charge in [-0.1, -0.05) is 59.6 Å². The molecule has 0 aliphatic carbocycles. The lowest BCUT2D eigenvalue weighted by Crippen LogP contribution is -2.31. The molecule has 32 heavy (non-hydrogen) atoms. The molecule has 4 rings (SSSR count). The van der Waals surface area contributed by atoms with Crippen molar-refractivity contribution in [1.29, 1.82) is 0 Å². The van der Waals surface area contributed by atoms with Crippen LogP contribution < -0.4 is 4.74 Å². The molecule has 0 fully saturated rings. The lowest BCUT2D eigenvalue weighted by Gasteiger charge is -2.25. The maximum atomic E-state index is 13.9. The van der Waals surface area contributed by atoms with Crippen molar-refractivity contribution in [1.82, 2.24) is 9.47 Å². The average molecular weight is 465 g/mol. The van der Waals surface area contributed by atoms with Crippen LogP contribution in [0.3, 0.4) is 0 Å². The maximum absolute atomic E-state index is 13.9. The second kappa shape index (κ2) is 9.94. The summed E-state index contributed by atoms with van der Waals surface area (Å²) < 4.78 is 7.45. The van der Waals surface area contributed by atoms with Crippen LogP contribution in [-0.4, -0.2) is 22.5 Å². The Bertz CT molecular complexity index is 1220. The molecule has 0 bridgehead atoms. The van der Waals surface area contributed by atoms with Crippen LogP contribution in [0.25, 0.3) is 5.69 Å². The number of hydrogen-bond acceptors (Lipinski definition) is 2. The summed E-state index contributed by atoms with van der Waals surface area (Å²) in [7, 11) is 1.63. The van der Waals surface area contributed by atoms with Crippen molar-refractivity contribution in [2.24, 2.45) is 0 Å². The summed E-state index contributed by atoms with van der Waals surface area (Å²) in [4.78, 5) is 15.6. The maximum Gasteiger partial charge on any atom is 0.256 e. The summed E-state index contributed by atoms with van der Waals surface area (Å²) >= 11 is 12.5. The van der Waals surface area contributed by atoms with Crippen molar-refractivity contribution in [2.45, 2.75) is 13.1 Å². The van der Waals surface area contributed by atoms with E-state index in [9.17, 15) is 4.79 Å². The van der Waals surface area contributed by atoms with Crippen molar-refractivity contribution < 1.29 is 9.53 Å². The molecule has 0 atom stereocenters. The van der Waals surface area contributed by atoms with E-state index in [1.165, 1.54) is 0 Å². The summed E-state index contributed by atoms with van der Waals surface area (Å²) in [5.74, 6) is 0.623. The Morgan fingerprint density at radius 3 is 2.31 bits per heavy atom. The number of halogens is 2. The summed E-state index contributed by atoms with van der Waals surface area (Å²) in [5, 5.41) is 1.08. The molecule has 3 aromatic carbocycles. The lowest BCUT2D eigenvalue weighted by molar-refractivity contribution is 0.0729. The predicted molar refractivity (Wildman–Crippen MR) is 129 cm³/mol. The van der Waals surface area contributed by atoms with E-state index in [1.54, 1.807) is 24.1 Å². The SMILES string of the molecule is COc1ccccc1CN(Cc1ccc(Cl)cc1Cl)C(=O)c1ccccc1-n1cccc1. The van der Waals surface area contributed by atoms with Gasteiger partial charge in [-0.3, -0.25) is 4.79 Å². The third-order valence-corrected chi connectivity index (χ3v) is 5.82. The number of methoxy groups -OCH3 is 1. The molecular formula is C26H22Cl2N2O2. The minimum Gasteiger partial charge on any atom is -0.496 e. The Kier molecular flexibility index (Phi) is 6.84. The number of hydrogen-bond donors (Lipinski definition) is 0. The Balaban J connectivity index is 1.74. The van der Waals surface area contributed by atoms with E-state index in [4.69, 9.17) is 27.9 Å². The van der Waals surface area contributed by atoms with Crippen molar-refractivity contribution in [3.8, 4) is 11.4 Å². The first-order valence-electron chi connectivity index (χ1n) is 10.1. The monoisotopic (exact) mass is 464 g/mol. The van der Waals surface area contributed by atoms with Gasteiger partial charge in [-0.05, 0) is 48.0 Å². The van der Waals surface area contributed by atoms with Gasteiger partial charge in [-0.25, -0.2) is 0 Å². The van der Waals surface area contributed by atoms with Crippen LogP contribution in [0.1, 0.15) is 21.5 Å². The van der Waals surface area contributed by atoms with E-state index < -0.39 is 0 Å². The first-order valence-corrected chi connectivity index (χ1v) is 10.9. The first kappa shape index (κ1) is 22.0. The molecule has 4 nitrogen and oxygen atoms in total. The second-order valence-electron chi connectivity index (χ2n) is 7.32. The van der Waals surface area contributed by atoms with Crippen LogP contribution in [0.2, 0.25) is 10.0 Å². The number of para-hydroxylation sites is 2. The van der Waals surface area contributed by atoms with Crippen LogP contribution in [0, 0.1) is 0 Å². The predicted octanol–water partition coefficient (Wildman–Crippen LogP) is 6.64. The fourth-order valence-corrected chi connectivity index (χ4v) is 4.11. The van der Waals surface area contributed by atoms with E-state index in [0.717, 1.165) is 22.6 Å². The third kappa shape index (κ3) is 4.82. The van der Waals surface area contributed by atoms with Gasteiger partial charge in [0.1, 0.15) is 5.75 Å². The van der Waals surface area contributed by atoms with Crippen molar-refractivity contribution in [3.63, 3.8) is 0 Å². The van der Waals surface area contributed by atoms with Crippen LogP contribution in [-0.2, 0) is 13.1 Å². The highest BCUT2D eigenvalue weighted by Crippen LogP contribution is 2.27. The van der Waals surface area contributed by atoms with Crippen molar-refractivity contribution >= 4 is 29.1 Å². The summed E-state index contributed by atoms with van der Waals surface area (Å²) in [5.41, 5.74) is 3.14. The number of carbonyl (C=O) groups is 1. The van der Waals surface area contributed by atoms with Crippen LogP contribution in [0.5, 0.6) is 5.75 Å².